The molecule has 0 unspecified atom stereocenters. The first-order valence-electron chi connectivity index (χ1n) is 5.39. The minimum Gasteiger partial charge on any atom is -0.506 e. The van der Waals surface area contributed by atoms with E-state index in [1.54, 1.807) is 18.5 Å². The molecule has 0 fully saturated rings. The van der Waals surface area contributed by atoms with Crippen LogP contribution in [0.2, 0.25) is 0 Å². The van der Waals surface area contributed by atoms with Crippen molar-refractivity contribution in [3.63, 3.8) is 0 Å². The Morgan fingerprint density at radius 3 is 2.88 bits per heavy atom. The van der Waals surface area contributed by atoms with Gasteiger partial charge in [-0.15, -0.1) is 0 Å². The van der Waals surface area contributed by atoms with Crippen molar-refractivity contribution < 1.29 is 5.11 Å². The molecule has 3 aromatic rings. The van der Waals surface area contributed by atoms with Crippen molar-refractivity contribution in [3.05, 3.63) is 41.7 Å². The summed E-state index contributed by atoms with van der Waals surface area (Å²) in [4.78, 5) is 14.8. The minimum atomic E-state index is 0.226. The number of aryl methyl sites for hydroxylation is 1. The van der Waals surface area contributed by atoms with E-state index in [0.29, 0.717) is 11.9 Å². The number of phenols is 1. The lowest BCUT2D eigenvalue weighted by atomic mass is 10.2. The molecule has 0 bridgehead atoms. The van der Waals surface area contributed by atoms with Gasteiger partial charge in [-0.25, -0.2) is 9.97 Å². The van der Waals surface area contributed by atoms with Gasteiger partial charge in [0.15, 0.2) is 0 Å². The fourth-order valence-electron chi connectivity index (χ4n) is 1.90. The molecular formula is C12H12N4O. The van der Waals surface area contributed by atoms with Crippen molar-refractivity contribution in [2.75, 3.05) is 0 Å². The molecule has 0 saturated heterocycles. The van der Waals surface area contributed by atoms with E-state index in [4.69, 9.17) is 0 Å². The topological polar surface area (TPSA) is 77.6 Å². The first-order chi connectivity index (χ1) is 8.24. The van der Waals surface area contributed by atoms with Crippen molar-refractivity contribution in [1.82, 2.24) is 19.9 Å². The first-order valence-corrected chi connectivity index (χ1v) is 5.39. The summed E-state index contributed by atoms with van der Waals surface area (Å²) in [5.41, 5.74) is 2.54. The Labute approximate surface area is 97.6 Å². The van der Waals surface area contributed by atoms with Gasteiger partial charge in [-0.1, -0.05) is 6.07 Å². The summed E-state index contributed by atoms with van der Waals surface area (Å²) in [7, 11) is 0. The lowest BCUT2D eigenvalue weighted by Crippen LogP contribution is -1.92. The molecule has 17 heavy (non-hydrogen) atoms. The van der Waals surface area contributed by atoms with Crippen LogP contribution in [-0.2, 0) is 6.42 Å². The van der Waals surface area contributed by atoms with Gasteiger partial charge in [0.1, 0.15) is 22.9 Å². The highest BCUT2D eigenvalue weighted by Gasteiger charge is 2.10. The molecule has 3 rings (SSSR count). The summed E-state index contributed by atoms with van der Waals surface area (Å²) in [5.74, 6) is 1.87. The summed E-state index contributed by atoms with van der Waals surface area (Å²) < 4.78 is 0. The zero-order valence-electron chi connectivity index (χ0n) is 9.36. The smallest absolute Gasteiger partial charge is 0.141 e. The second kappa shape index (κ2) is 3.62. The monoisotopic (exact) mass is 228 g/mol. The maximum absolute atomic E-state index is 9.74. The van der Waals surface area contributed by atoms with E-state index in [-0.39, 0.29) is 5.75 Å². The minimum absolute atomic E-state index is 0.226. The number of phenolic OH excluding ortho intramolecular Hbond substituents is 1. The van der Waals surface area contributed by atoms with Gasteiger partial charge in [-0.3, -0.25) is 0 Å². The van der Waals surface area contributed by atoms with Crippen LogP contribution in [0.1, 0.15) is 17.2 Å². The maximum Gasteiger partial charge on any atom is 0.141 e. The van der Waals surface area contributed by atoms with Crippen LogP contribution in [0.15, 0.2) is 24.5 Å². The summed E-state index contributed by atoms with van der Waals surface area (Å²) in [5, 5.41) is 9.74. The zero-order chi connectivity index (χ0) is 11.8. The maximum atomic E-state index is 9.74. The zero-order valence-corrected chi connectivity index (χ0v) is 9.36. The number of nitrogens with zero attached hydrogens (tertiary/aromatic N) is 2. The number of hydrogen-bond acceptors (Lipinski definition) is 3. The predicted octanol–water partition coefficient (Wildman–Crippen LogP) is 1.89. The largest absolute Gasteiger partial charge is 0.506 e. The molecule has 0 saturated carbocycles. The van der Waals surface area contributed by atoms with Crippen molar-refractivity contribution in [3.8, 4) is 5.75 Å². The Morgan fingerprint density at radius 2 is 2.18 bits per heavy atom. The van der Waals surface area contributed by atoms with Crippen LogP contribution in [-0.4, -0.2) is 25.0 Å². The van der Waals surface area contributed by atoms with Gasteiger partial charge in [0.2, 0.25) is 0 Å². The van der Waals surface area contributed by atoms with Crippen molar-refractivity contribution in [2.45, 2.75) is 13.3 Å². The summed E-state index contributed by atoms with van der Waals surface area (Å²) in [6.07, 6.45) is 4.09. The van der Waals surface area contributed by atoms with Crippen LogP contribution in [0.3, 0.4) is 0 Å². The normalized spacial score (nSPS) is 11.1. The third-order valence-electron chi connectivity index (χ3n) is 2.76. The molecule has 3 N–H and O–H groups in total. The number of aromatic nitrogens is 4. The molecule has 5 heteroatoms. The standard InChI is InChI=1S/C12H12N4O/c1-7-2-3-8(17)12-11(7)15-10(16-12)6-9-13-4-5-14-9/h2-5,17H,6H2,1H3,(H,13,14)(H,15,16). The molecule has 5 nitrogen and oxygen atoms in total. The van der Waals surface area contributed by atoms with Crippen LogP contribution >= 0.6 is 0 Å². The average Bonchev–Trinajstić information content (AvgIpc) is 2.94. The SMILES string of the molecule is Cc1ccc(O)c2[nH]c(Cc3ncc[nH]3)nc12. The fraction of sp³-hybridized carbons (Fsp3) is 0.167. The predicted molar refractivity (Wildman–Crippen MR) is 63.9 cm³/mol. The van der Waals surface area contributed by atoms with E-state index in [1.165, 1.54) is 0 Å². The van der Waals surface area contributed by atoms with Crippen LogP contribution in [0.5, 0.6) is 5.75 Å². The second-order valence-corrected chi connectivity index (χ2v) is 4.02. The molecular weight excluding hydrogens is 216 g/mol. The molecule has 0 radical (unpaired) electrons. The fourth-order valence-corrected chi connectivity index (χ4v) is 1.90. The number of rotatable bonds is 2. The third kappa shape index (κ3) is 1.65. The van der Waals surface area contributed by atoms with E-state index in [9.17, 15) is 5.11 Å². The second-order valence-electron chi connectivity index (χ2n) is 4.02. The Hall–Kier alpha value is -2.30. The molecule has 0 aliphatic heterocycles. The van der Waals surface area contributed by atoms with E-state index in [0.717, 1.165) is 22.7 Å². The average molecular weight is 228 g/mol. The lowest BCUT2D eigenvalue weighted by Gasteiger charge is -1.95. The van der Waals surface area contributed by atoms with Gasteiger partial charge >= 0.3 is 0 Å². The van der Waals surface area contributed by atoms with Gasteiger partial charge in [0, 0.05) is 12.4 Å². The van der Waals surface area contributed by atoms with Crippen molar-refractivity contribution >= 4 is 11.0 Å². The van der Waals surface area contributed by atoms with Crippen LogP contribution in [0.25, 0.3) is 11.0 Å². The number of hydrogen-bond donors (Lipinski definition) is 3. The molecule has 0 aliphatic rings. The number of fused-ring (bicyclic) bond motifs is 1. The molecule has 1 aromatic carbocycles. The molecule has 0 spiro atoms. The quantitative estimate of drug-likeness (QED) is 0.626. The molecule has 86 valence electrons. The van der Waals surface area contributed by atoms with E-state index in [1.807, 2.05) is 13.0 Å². The van der Waals surface area contributed by atoms with Gasteiger partial charge in [-0.2, -0.15) is 0 Å². The molecule has 0 amide bonds. The summed E-state index contributed by atoms with van der Waals surface area (Å²) >= 11 is 0. The number of benzene rings is 1. The molecule has 0 atom stereocenters. The van der Waals surface area contributed by atoms with E-state index >= 15 is 0 Å². The van der Waals surface area contributed by atoms with Gasteiger partial charge in [-0.05, 0) is 18.6 Å². The number of nitrogens with one attached hydrogen (secondary N) is 2. The highest BCUT2D eigenvalue weighted by atomic mass is 16.3. The Morgan fingerprint density at radius 1 is 1.29 bits per heavy atom. The number of aromatic hydroxyl groups is 1. The molecule has 2 aromatic heterocycles. The van der Waals surface area contributed by atoms with Gasteiger partial charge in [0.25, 0.3) is 0 Å². The highest BCUT2D eigenvalue weighted by molar-refractivity contribution is 5.84. The van der Waals surface area contributed by atoms with E-state index < -0.39 is 0 Å². The number of aromatic amines is 2. The Kier molecular flexibility index (Phi) is 2.11. The molecule has 2 heterocycles. The van der Waals surface area contributed by atoms with Crippen LogP contribution in [0.4, 0.5) is 0 Å². The van der Waals surface area contributed by atoms with E-state index in [2.05, 4.69) is 19.9 Å². The Bertz CT molecular complexity index is 616. The highest BCUT2D eigenvalue weighted by Crippen LogP contribution is 2.25. The van der Waals surface area contributed by atoms with Crippen molar-refractivity contribution in [2.24, 2.45) is 0 Å². The van der Waals surface area contributed by atoms with Crippen molar-refractivity contribution in [1.29, 1.82) is 0 Å². The van der Waals surface area contributed by atoms with Crippen LogP contribution in [0, 0.1) is 6.92 Å². The summed E-state index contributed by atoms with van der Waals surface area (Å²) in [6.45, 7) is 1.97. The van der Waals surface area contributed by atoms with Gasteiger partial charge < -0.3 is 15.1 Å². The van der Waals surface area contributed by atoms with Crippen LogP contribution < -0.4 is 0 Å². The third-order valence-corrected chi connectivity index (χ3v) is 2.76. The number of H-pyrrole nitrogens is 2. The molecule has 0 aliphatic carbocycles. The first kappa shape index (κ1) is 9.89. The lowest BCUT2D eigenvalue weighted by molar-refractivity contribution is 0.480. The number of imidazole rings is 2. The summed E-state index contributed by atoms with van der Waals surface area (Å²) in [6, 6.07) is 3.53. The van der Waals surface area contributed by atoms with Gasteiger partial charge in [0.05, 0.1) is 11.9 Å². The Balaban J connectivity index is 2.07.